The van der Waals surface area contributed by atoms with Crippen LogP contribution in [0.4, 0.5) is 18.9 Å². The third-order valence-electron chi connectivity index (χ3n) is 2.30. The van der Waals surface area contributed by atoms with Gasteiger partial charge in [-0.3, -0.25) is 4.79 Å². The van der Waals surface area contributed by atoms with Gasteiger partial charge in [0, 0.05) is 5.54 Å². The predicted molar refractivity (Wildman–Crippen MR) is 67.3 cm³/mol. The van der Waals surface area contributed by atoms with Crippen molar-refractivity contribution in [1.29, 1.82) is 0 Å². The molecule has 106 valence electrons. The summed E-state index contributed by atoms with van der Waals surface area (Å²) in [5.41, 5.74) is -0.685. The molecule has 0 fully saturated rings. The lowest BCUT2D eigenvalue weighted by atomic mass is 10.1. The summed E-state index contributed by atoms with van der Waals surface area (Å²) in [6, 6.07) is 1.07. The summed E-state index contributed by atoms with van der Waals surface area (Å²) in [6.07, 6.45) is 0. The van der Waals surface area contributed by atoms with Gasteiger partial charge in [-0.05, 0) is 39.8 Å². The molecule has 3 nitrogen and oxygen atoms in total. The van der Waals surface area contributed by atoms with Crippen LogP contribution in [0.3, 0.4) is 0 Å². The zero-order valence-electron chi connectivity index (χ0n) is 11.3. The molecule has 1 rings (SSSR count). The molecule has 0 heterocycles. The number of rotatable bonds is 3. The van der Waals surface area contributed by atoms with Crippen molar-refractivity contribution in [3.8, 4) is 0 Å². The van der Waals surface area contributed by atoms with E-state index in [-0.39, 0.29) is 11.6 Å². The first kappa shape index (κ1) is 15.3. The zero-order chi connectivity index (χ0) is 14.8. The van der Waals surface area contributed by atoms with Crippen molar-refractivity contribution in [2.45, 2.75) is 39.3 Å². The molecule has 2 N–H and O–H groups in total. The molecule has 0 saturated heterocycles. The van der Waals surface area contributed by atoms with E-state index in [1.165, 1.54) is 6.92 Å². The highest BCUT2D eigenvalue weighted by Crippen LogP contribution is 2.20. The topological polar surface area (TPSA) is 41.1 Å². The number of halogens is 3. The number of carbonyl (C=O) groups is 1. The number of benzene rings is 1. The quantitative estimate of drug-likeness (QED) is 0.832. The summed E-state index contributed by atoms with van der Waals surface area (Å²) in [6.45, 7) is 6.91. The lowest BCUT2D eigenvalue weighted by Crippen LogP contribution is -2.47. The monoisotopic (exact) mass is 274 g/mol. The number of carbonyl (C=O) groups excluding carboxylic acids is 1. The minimum absolute atomic E-state index is 0.254. The second-order valence-electron chi connectivity index (χ2n) is 5.33. The van der Waals surface area contributed by atoms with Gasteiger partial charge in [-0.15, -0.1) is 0 Å². The molecule has 0 saturated carbocycles. The van der Waals surface area contributed by atoms with Crippen LogP contribution in [-0.4, -0.2) is 17.5 Å². The molecule has 1 aromatic carbocycles. The van der Waals surface area contributed by atoms with E-state index in [1.807, 2.05) is 0 Å². The van der Waals surface area contributed by atoms with Crippen LogP contribution in [-0.2, 0) is 4.79 Å². The summed E-state index contributed by atoms with van der Waals surface area (Å²) in [7, 11) is 0. The van der Waals surface area contributed by atoms with E-state index in [4.69, 9.17) is 0 Å². The number of anilines is 1. The van der Waals surface area contributed by atoms with E-state index in [2.05, 4.69) is 10.6 Å². The lowest BCUT2D eigenvalue weighted by molar-refractivity contribution is -0.122. The smallest absolute Gasteiger partial charge is 0.242 e. The van der Waals surface area contributed by atoms with Crippen LogP contribution in [0.2, 0.25) is 0 Å². The van der Waals surface area contributed by atoms with Gasteiger partial charge in [-0.25, -0.2) is 13.2 Å². The third-order valence-corrected chi connectivity index (χ3v) is 2.30. The Balaban J connectivity index is 2.80. The Kier molecular flexibility index (Phi) is 4.44. The van der Waals surface area contributed by atoms with E-state index >= 15 is 0 Å². The average Bonchev–Trinajstić information content (AvgIpc) is 2.27. The minimum Gasteiger partial charge on any atom is -0.371 e. The van der Waals surface area contributed by atoms with Crippen LogP contribution in [0.15, 0.2) is 12.1 Å². The molecule has 19 heavy (non-hydrogen) atoms. The second-order valence-corrected chi connectivity index (χ2v) is 5.33. The van der Waals surface area contributed by atoms with Gasteiger partial charge in [0.25, 0.3) is 0 Å². The fraction of sp³-hybridized carbons (Fsp3) is 0.462. The molecule has 1 unspecified atom stereocenters. The van der Waals surface area contributed by atoms with Gasteiger partial charge < -0.3 is 10.6 Å². The van der Waals surface area contributed by atoms with E-state index < -0.39 is 29.0 Å². The normalized spacial score (nSPS) is 13.0. The van der Waals surface area contributed by atoms with Crippen LogP contribution in [0.25, 0.3) is 0 Å². The van der Waals surface area contributed by atoms with Gasteiger partial charge in [0.2, 0.25) is 5.91 Å². The van der Waals surface area contributed by atoms with Crippen molar-refractivity contribution in [1.82, 2.24) is 5.32 Å². The summed E-state index contributed by atoms with van der Waals surface area (Å²) in [4.78, 5) is 11.8. The average molecular weight is 274 g/mol. The zero-order valence-corrected chi connectivity index (χ0v) is 11.3. The maximum Gasteiger partial charge on any atom is 0.242 e. The van der Waals surface area contributed by atoms with Gasteiger partial charge in [0.05, 0.1) is 5.69 Å². The molecule has 1 atom stereocenters. The van der Waals surface area contributed by atoms with Gasteiger partial charge >= 0.3 is 0 Å². The molecule has 0 bridgehead atoms. The Morgan fingerprint density at radius 1 is 1.16 bits per heavy atom. The highest BCUT2D eigenvalue weighted by Gasteiger charge is 2.21. The molecule has 0 aromatic heterocycles. The molecule has 0 spiro atoms. The first-order valence-corrected chi connectivity index (χ1v) is 5.84. The van der Waals surface area contributed by atoms with Crippen LogP contribution in [0.1, 0.15) is 27.7 Å². The predicted octanol–water partition coefficient (Wildman–Crippen LogP) is 2.82. The first-order chi connectivity index (χ1) is 8.61. The number of nitrogens with one attached hydrogen (secondary N) is 2. The fourth-order valence-corrected chi connectivity index (χ4v) is 1.41. The maximum atomic E-state index is 13.4. The third kappa shape index (κ3) is 4.15. The summed E-state index contributed by atoms with van der Waals surface area (Å²) < 4.78 is 39.2. The van der Waals surface area contributed by atoms with Crippen LogP contribution >= 0.6 is 0 Å². The number of amides is 1. The molecular formula is C13H17F3N2O. The summed E-state index contributed by atoms with van der Waals surface area (Å²) in [5.74, 6) is -4.53. The fourth-order valence-electron chi connectivity index (χ4n) is 1.41. The molecular weight excluding hydrogens is 257 g/mol. The Morgan fingerprint density at radius 2 is 1.74 bits per heavy atom. The van der Waals surface area contributed by atoms with Crippen molar-refractivity contribution < 1.29 is 18.0 Å². The first-order valence-electron chi connectivity index (χ1n) is 5.84. The molecule has 0 aliphatic carbocycles. The minimum atomic E-state index is -1.56. The Labute approximate surface area is 110 Å². The number of hydrogen-bond donors (Lipinski definition) is 2. The maximum absolute atomic E-state index is 13.4. The van der Waals surface area contributed by atoms with Crippen LogP contribution in [0.5, 0.6) is 0 Å². The Bertz CT molecular complexity index is 484. The largest absolute Gasteiger partial charge is 0.371 e. The number of hydrogen-bond acceptors (Lipinski definition) is 2. The van der Waals surface area contributed by atoms with Crippen molar-refractivity contribution in [3.05, 3.63) is 29.6 Å². The molecule has 0 aliphatic rings. The SMILES string of the molecule is CC(Nc1ccc(F)c(F)c1F)C(=O)NC(C)(C)C. The van der Waals surface area contributed by atoms with E-state index in [1.54, 1.807) is 20.8 Å². The van der Waals surface area contributed by atoms with Gasteiger partial charge in [0.1, 0.15) is 6.04 Å². The van der Waals surface area contributed by atoms with E-state index in [9.17, 15) is 18.0 Å². The van der Waals surface area contributed by atoms with Gasteiger partial charge in [-0.2, -0.15) is 0 Å². The van der Waals surface area contributed by atoms with Crippen LogP contribution < -0.4 is 10.6 Å². The van der Waals surface area contributed by atoms with Crippen molar-refractivity contribution in [2.75, 3.05) is 5.32 Å². The van der Waals surface area contributed by atoms with Crippen LogP contribution in [0, 0.1) is 17.5 Å². The van der Waals surface area contributed by atoms with E-state index in [0.717, 1.165) is 12.1 Å². The lowest BCUT2D eigenvalue weighted by Gasteiger charge is -2.24. The summed E-state index contributed by atoms with van der Waals surface area (Å²) in [5, 5.41) is 5.20. The van der Waals surface area contributed by atoms with E-state index in [0.29, 0.717) is 0 Å². The highest BCUT2D eigenvalue weighted by molar-refractivity contribution is 5.84. The van der Waals surface area contributed by atoms with Crippen molar-refractivity contribution in [2.24, 2.45) is 0 Å². The molecule has 1 amide bonds. The standard InChI is InChI=1S/C13H17F3N2O/c1-7(12(19)18-13(2,3)4)17-9-6-5-8(14)10(15)11(9)16/h5-7,17H,1-4H3,(H,18,19). The Hall–Kier alpha value is -1.72. The molecule has 6 heteroatoms. The van der Waals surface area contributed by atoms with Gasteiger partial charge in [-0.1, -0.05) is 0 Å². The molecule has 1 aromatic rings. The molecule has 0 aliphatic heterocycles. The summed E-state index contributed by atoms with van der Waals surface area (Å²) >= 11 is 0. The Morgan fingerprint density at radius 3 is 2.26 bits per heavy atom. The van der Waals surface area contributed by atoms with Crippen molar-refractivity contribution >= 4 is 11.6 Å². The van der Waals surface area contributed by atoms with Crippen molar-refractivity contribution in [3.63, 3.8) is 0 Å². The molecule has 0 radical (unpaired) electrons. The highest BCUT2D eigenvalue weighted by atomic mass is 19.2. The second kappa shape index (κ2) is 5.50. The van der Waals surface area contributed by atoms with Gasteiger partial charge in [0.15, 0.2) is 17.5 Å².